The number of non-ortho nitro benzene ring substituents is 1. The predicted molar refractivity (Wildman–Crippen MR) is 63.9 cm³/mol. The first kappa shape index (κ1) is 11.8. The van der Waals surface area contributed by atoms with Crippen LogP contribution in [0.3, 0.4) is 0 Å². The van der Waals surface area contributed by atoms with Gasteiger partial charge in [-0.25, -0.2) is 4.98 Å². The van der Waals surface area contributed by atoms with Gasteiger partial charge in [-0.3, -0.25) is 15.1 Å². The summed E-state index contributed by atoms with van der Waals surface area (Å²) in [4.78, 5) is 18.0. The smallest absolute Gasteiger partial charge is 0.273 e. The summed E-state index contributed by atoms with van der Waals surface area (Å²) in [5.74, 6) is 0.733. The van der Waals surface area contributed by atoms with Crippen molar-refractivity contribution in [3.8, 4) is 5.75 Å². The third kappa shape index (κ3) is 2.91. The molecule has 0 spiro atoms. The number of nitro benzene ring substituents is 1. The molecular formula is C11H10N4O3. The van der Waals surface area contributed by atoms with Crippen molar-refractivity contribution >= 4 is 11.5 Å². The average Bonchev–Trinajstić information content (AvgIpc) is 2.38. The normalized spacial score (nSPS) is 10.0. The molecule has 0 aliphatic rings. The Balaban J connectivity index is 2.04. The lowest BCUT2D eigenvalue weighted by Gasteiger charge is -2.05. The van der Waals surface area contributed by atoms with Gasteiger partial charge in [0.05, 0.1) is 29.1 Å². The number of nitrogen functional groups attached to an aromatic ring is 1. The van der Waals surface area contributed by atoms with Crippen LogP contribution in [0, 0.1) is 10.1 Å². The van der Waals surface area contributed by atoms with Crippen molar-refractivity contribution < 1.29 is 9.66 Å². The molecule has 2 N–H and O–H groups in total. The molecule has 0 amide bonds. The Hall–Kier alpha value is -2.70. The van der Waals surface area contributed by atoms with Gasteiger partial charge in [0, 0.05) is 6.07 Å². The molecule has 92 valence electrons. The van der Waals surface area contributed by atoms with Gasteiger partial charge < -0.3 is 10.5 Å². The molecule has 0 radical (unpaired) electrons. The molecule has 0 aliphatic heterocycles. The van der Waals surface area contributed by atoms with Crippen LogP contribution in [0.1, 0.15) is 5.69 Å². The number of anilines is 1. The van der Waals surface area contributed by atoms with E-state index in [1.807, 2.05) is 0 Å². The molecule has 0 bridgehead atoms. The third-order valence-electron chi connectivity index (χ3n) is 2.14. The molecule has 1 aromatic carbocycles. The van der Waals surface area contributed by atoms with Crippen LogP contribution in [0.25, 0.3) is 0 Å². The first-order chi connectivity index (χ1) is 8.65. The molecule has 0 aliphatic carbocycles. The summed E-state index contributed by atoms with van der Waals surface area (Å²) in [5.41, 5.74) is 5.97. The zero-order chi connectivity index (χ0) is 13.0. The second kappa shape index (κ2) is 5.09. The van der Waals surface area contributed by atoms with Gasteiger partial charge in [-0.2, -0.15) is 0 Å². The Morgan fingerprint density at radius 1 is 1.33 bits per heavy atom. The molecule has 0 atom stereocenters. The first-order valence-corrected chi connectivity index (χ1v) is 5.09. The van der Waals surface area contributed by atoms with Crippen molar-refractivity contribution in [1.29, 1.82) is 0 Å². The van der Waals surface area contributed by atoms with E-state index in [9.17, 15) is 10.1 Å². The number of benzene rings is 1. The summed E-state index contributed by atoms with van der Waals surface area (Å²) < 4.78 is 5.37. The van der Waals surface area contributed by atoms with Gasteiger partial charge in [-0.15, -0.1) is 0 Å². The number of rotatable bonds is 4. The number of ether oxygens (including phenoxy) is 1. The summed E-state index contributed by atoms with van der Waals surface area (Å²) in [6.45, 7) is 0.175. The van der Waals surface area contributed by atoms with Crippen LogP contribution < -0.4 is 10.5 Å². The highest BCUT2D eigenvalue weighted by Gasteiger charge is 2.06. The van der Waals surface area contributed by atoms with Gasteiger partial charge in [0.25, 0.3) is 5.69 Å². The average molecular weight is 246 g/mol. The number of hydrogen-bond acceptors (Lipinski definition) is 6. The fourth-order valence-corrected chi connectivity index (χ4v) is 1.28. The highest BCUT2D eigenvalue weighted by molar-refractivity contribution is 5.38. The van der Waals surface area contributed by atoms with Crippen LogP contribution in [-0.4, -0.2) is 14.9 Å². The highest BCUT2D eigenvalue weighted by atomic mass is 16.6. The van der Waals surface area contributed by atoms with Crippen molar-refractivity contribution in [1.82, 2.24) is 9.97 Å². The van der Waals surface area contributed by atoms with Crippen LogP contribution in [0.2, 0.25) is 0 Å². The van der Waals surface area contributed by atoms with Gasteiger partial charge in [-0.1, -0.05) is 6.07 Å². The number of hydrogen-bond donors (Lipinski definition) is 1. The van der Waals surface area contributed by atoms with Crippen LogP contribution in [0.15, 0.2) is 36.7 Å². The molecule has 0 saturated heterocycles. The van der Waals surface area contributed by atoms with E-state index < -0.39 is 4.92 Å². The minimum Gasteiger partial charge on any atom is -0.487 e. The molecular weight excluding hydrogens is 236 g/mol. The summed E-state index contributed by atoms with van der Waals surface area (Å²) in [7, 11) is 0. The van der Waals surface area contributed by atoms with Crippen molar-refractivity contribution in [3.05, 3.63) is 52.5 Å². The van der Waals surface area contributed by atoms with Crippen molar-refractivity contribution in [2.24, 2.45) is 0 Å². The Kier molecular flexibility index (Phi) is 3.33. The molecule has 2 rings (SSSR count). The number of aromatic nitrogens is 2. The molecule has 7 heteroatoms. The maximum atomic E-state index is 10.6. The second-order valence-electron chi connectivity index (χ2n) is 3.48. The Morgan fingerprint density at radius 3 is 2.83 bits per heavy atom. The Bertz CT molecular complexity index is 556. The lowest BCUT2D eigenvalue weighted by atomic mass is 10.3. The topological polar surface area (TPSA) is 104 Å². The quantitative estimate of drug-likeness (QED) is 0.648. The van der Waals surface area contributed by atoms with Crippen molar-refractivity contribution in [2.75, 3.05) is 5.73 Å². The largest absolute Gasteiger partial charge is 0.487 e. The van der Waals surface area contributed by atoms with Gasteiger partial charge in [0.15, 0.2) is 0 Å². The molecule has 0 fully saturated rings. The molecule has 7 nitrogen and oxygen atoms in total. The van der Waals surface area contributed by atoms with Gasteiger partial charge >= 0.3 is 0 Å². The van der Waals surface area contributed by atoms with E-state index in [4.69, 9.17) is 10.5 Å². The van der Waals surface area contributed by atoms with Crippen molar-refractivity contribution in [2.45, 2.75) is 6.61 Å². The molecule has 0 unspecified atom stereocenters. The third-order valence-corrected chi connectivity index (χ3v) is 2.14. The maximum Gasteiger partial charge on any atom is 0.273 e. The van der Waals surface area contributed by atoms with Crippen LogP contribution in [-0.2, 0) is 6.61 Å². The van der Waals surface area contributed by atoms with Gasteiger partial charge in [0.1, 0.15) is 18.2 Å². The fourth-order valence-electron chi connectivity index (χ4n) is 1.28. The summed E-state index contributed by atoms with van der Waals surface area (Å²) in [5, 5.41) is 10.6. The molecule has 1 heterocycles. The number of nitrogens with zero attached hydrogens (tertiary/aromatic N) is 3. The van der Waals surface area contributed by atoms with Crippen LogP contribution >= 0.6 is 0 Å². The predicted octanol–water partition coefficient (Wildman–Crippen LogP) is 1.55. The van der Waals surface area contributed by atoms with Gasteiger partial charge in [-0.05, 0) is 6.07 Å². The van der Waals surface area contributed by atoms with E-state index in [0.29, 0.717) is 17.3 Å². The van der Waals surface area contributed by atoms with E-state index in [2.05, 4.69) is 9.97 Å². The fraction of sp³-hybridized carbons (Fsp3) is 0.0909. The zero-order valence-electron chi connectivity index (χ0n) is 9.31. The van der Waals surface area contributed by atoms with Crippen molar-refractivity contribution in [3.63, 3.8) is 0 Å². The standard InChI is InChI=1S/C11H10N4O3/c12-11-6-13-8(5-14-11)7-18-10-3-1-2-9(4-10)15(16)17/h1-6H,7H2,(H2,12,14). The monoisotopic (exact) mass is 246 g/mol. The number of nitrogens with two attached hydrogens (primary N) is 1. The molecule has 1 aromatic heterocycles. The first-order valence-electron chi connectivity index (χ1n) is 5.09. The molecule has 2 aromatic rings. The number of nitro groups is 1. The van der Waals surface area contributed by atoms with E-state index in [1.165, 1.54) is 24.5 Å². The minimum absolute atomic E-state index is 0.0177. The Labute approximate surface area is 102 Å². The SMILES string of the molecule is Nc1cnc(COc2cccc([N+](=O)[O-])c2)cn1. The zero-order valence-corrected chi connectivity index (χ0v) is 9.31. The second-order valence-corrected chi connectivity index (χ2v) is 3.48. The lowest BCUT2D eigenvalue weighted by molar-refractivity contribution is -0.384. The van der Waals surface area contributed by atoms with E-state index >= 15 is 0 Å². The Morgan fingerprint density at radius 2 is 2.17 bits per heavy atom. The van der Waals surface area contributed by atoms with Gasteiger partial charge in [0.2, 0.25) is 0 Å². The summed E-state index contributed by atoms with van der Waals surface area (Å²) in [6, 6.07) is 5.94. The van der Waals surface area contributed by atoms with E-state index in [0.717, 1.165) is 0 Å². The van der Waals surface area contributed by atoms with Crippen LogP contribution in [0.4, 0.5) is 11.5 Å². The summed E-state index contributed by atoms with van der Waals surface area (Å²) >= 11 is 0. The van der Waals surface area contributed by atoms with E-state index in [-0.39, 0.29) is 12.3 Å². The minimum atomic E-state index is -0.476. The van der Waals surface area contributed by atoms with Crippen LogP contribution in [0.5, 0.6) is 5.75 Å². The highest BCUT2D eigenvalue weighted by Crippen LogP contribution is 2.19. The maximum absolute atomic E-state index is 10.6. The van der Waals surface area contributed by atoms with E-state index in [1.54, 1.807) is 12.1 Å². The molecule has 18 heavy (non-hydrogen) atoms. The lowest BCUT2D eigenvalue weighted by Crippen LogP contribution is -2.01. The molecule has 0 saturated carbocycles. The summed E-state index contributed by atoms with van der Waals surface area (Å²) in [6.07, 6.45) is 2.92.